The van der Waals surface area contributed by atoms with Gasteiger partial charge in [0.15, 0.2) is 0 Å². The smallest absolute Gasteiger partial charge is 0.326 e. The van der Waals surface area contributed by atoms with Gasteiger partial charge in [-0.25, -0.2) is 9.48 Å². The fraction of sp³-hybridized carbons (Fsp3) is 0.389. The van der Waals surface area contributed by atoms with E-state index in [1.807, 2.05) is 24.4 Å². The van der Waals surface area contributed by atoms with Crippen molar-refractivity contribution in [1.29, 1.82) is 0 Å². The maximum atomic E-state index is 12.8. The molecule has 1 N–H and O–H groups in total. The molecular formula is C18H19N3O3. The van der Waals surface area contributed by atoms with Gasteiger partial charge in [0.2, 0.25) is 0 Å². The fourth-order valence-electron chi connectivity index (χ4n) is 4.18. The summed E-state index contributed by atoms with van der Waals surface area (Å²) >= 11 is 0. The van der Waals surface area contributed by atoms with E-state index in [1.54, 1.807) is 27.9 Å². The molecule has 2 fully saturated rings. The third kappa shape index (κ3) is 2.38. The highest BCUT2D eigenvalue weighted by molar-refractivity contribution is 5.97. The number of fused-ring (bicyclic) bond motifs is 1. The van der Waals surface area contributed by atoms with Crippen LogP contribution in [0.15, 0.2) is 42.7 Å². The normalized spacial score (nSPS) is 25.7. The minimum absolute atomic E-state index is 0.106. The first-order chi connectivity index (χ1) is 11.6. The first-order valence-electron chi connectivity index (χ1n) is 8.29. The summed E-state index contributed by atoms with van der Waals surface area (Å²) in [6.45, 7) is 0.557. The Bertz CT molecular complexity index is 754. The Hall–Kier alpha value is -2.63. The SMILES string of the molecule is O=C(O)C1C2CCCC2CN1C(=O)c1ccc(-n2cccn2)cc1. The van der Waals surface area contributed by atoms with E-state index in [1.165, 1.54) is 0 Å². The van der Waals surface area contributed by atoms with Crippen LogP contribution in [0.1, 0.15) is 29.6 Å². The third-order valence-electron chi connectivity index (χ3n) is 5.29. The van der Waals surface area contributed by atoms with Gasteiger partial charge in [-0.15, -0.1) is 0 Å². The van der Waals surface area contributed by atoms with Crippen LogP contribution in [0.2, 0.25) is 0 Å². The number of aliphatic carboxylic acids is 1. The summed E-state index contributed by atoms with van der Waals surface area (Å²) in [4.78, 5) is 26.1. The molecule has 2 aliphatic rings. The number of rotatable bonds is 3. The monoisotopic (exact) mass is 325 g/mol. The van der Waals surface area contributed by atoms with Crippen molar-refractivity contribution in [2.24, 2.45) is 11.8 Å². The molecule has 6 nitrogen and oxygen atoms in total. The van der Waals surface area contributed by atoms with Crippen molar-refractivity contribution in [3.63, 3.8) is 0 Å². The predicted octanol–water partition coefficient (Wildman–Crippen LogP) is 2.20. The highest BCUT2D eigenvalue weighted by Gasteiger charge is 2.49. The van der Waals surface area contributed by atoms with E-state index >= 15 is 0 Å². The third-order valence-corrected chi connectivity index (χ3v) is 5.29. The second kappa shape index (κ2) is 5.78. The Morgan fingerprint density at radius 3 is 2.62 bits per heavy atom. The molecule has 4 rings (SSSR count). The highest BCUT2D eigenvalue weighted by atomic mass is 16.4. The van der Waals surface area contributed by atoms with E-state index in [0.29, 0.717) is 18.0 Å². The number of nitrogens with zero attached hydrogens (tertiary/aromatic N) is 3. The standard InChI is InChI=1S/C18H19N3O3/c22-17(12-5-7-14(8-6-12)21-10-2-9-19-21)20-11-13-3-1-4-15(13)16(20)18(23)24/h2,5-10,13,15-16H,1,3-4,11H2,(H,23,24). The fourth-order valence-corrected chi connectivity index (χ4v) is 4.18. The van der Waals surface area contributed by atoms with Crippen molar-refractivity contribution in [3.8, 4) is 5.69 Å². The van der Waals surface area contributed by atoms with Crippen molar-refractivity contribution in [1.82, 2.24) is 14.7 Å². The summed E-state index contributed by atoms with van der Waals surface area (Å²) in [5, 5.41) is 13.7. The molecule has 6 heteroatoms. The van der Waals surface area contributed by atoms with Crippen molar-refractivity contribution in [2.75, 3.05) is 6.54 Å². The zero-order chi connectivity index (χ0) is 16.7. The van der Waals surface area contributed by atoms with Gasteiger partial charge in [-0.1, -0.05) is 6.42 Å². The number of benzene rings is 1. The molecule has 1 amide bonds. The topological polar surface area (TPSA) is 75.4 Å². The predicted molar refractivity (Wildman–Crippen MR) is 86.9 cm³/mol. The number of hydrogen-bond donors (Lipinski definition) is 1. The van der Waals surface area contributed by atoms with Gasteiger partial charge in [0.05, 0.1) is 5.69 Å². The lowest BCUT2D eigenvalue weighted by Gasteiger charge is -2.24. The van der Waals surface area contributed by atoms with E-state index in [-0.39, 0.29) is 11.8 Å². The Morgan fingerprint density at radius 2 is 1.96 bits per heavy atom. The molecule has 0 spiro atoms. The average Bonchev–Trinajstić information content (AvgIpc) is 3.30. The molecule has 1 aliphatic heterocycles. The zero-order valence-corrected chi connectivity index (χ0v) is 13.2. The van der Waals surface area contributed by atoms with E-state index in [2.05, 4.69) is 5.10 Å². The van der Waals surface area contributed by atoms with Gasteiger partial charge >= 0.3 is 5.97 Å². The summed E-state index contributed by atoms with van der Waals surface area (Å²) in [6, 6.07) is 8.29. The van der Waals surface area contributed by atoms with E-state index < -0.39 is 12.0 Å². The molecule has 0 radical (unpaired) electrons. The molecular weight excluding hydrogens is 306 g/mol. The van der Waals surface area contributed by atoms with E-state index in [9.17, 15) is 14.7 Å². The lowest BCUT2D eigenvalue weighted by atomic mass is 9.94. The first kappa shape index (κ1) is 14.9. The van der Waals surface area contributed by atoms with Gasteiger partial charge in [-0.2, -0.15) is 5.10 Å². The number of carbonyl (C=O) groups excluding carboxylic acids is 1. The van der Waals surface area contributed by atoms with Gasteiger partial charge in [-0.3, -0.25) is 4.79 Å². The number of carboxylic acids is 1. The molecule has 1 saturated heterocycles. The van der Waals surface area contributed by atoms with Gasteiger partial charge in [0, 0.05) is 24.5 Å². The molecule has 2 heterocycles. The summed E-state index contributed by atoms with van der Waals surface area (Å²) in [5.74, 6) is -0.636. The maximum Gasteiger partial charge on any atom is 0.326 e. The van der Waals surface area contributed by atoms with Crippen LogP contribution in [0.25, 0.3) is 5.69 Å². The van der Waals surface area contributed by atoms with Crippen LogP contribution in [-0.4, -0.2) is 44.3 Å². The minimum atomic E-state index is -0.883. The molecule has 124 valence electrons. The molecule has 24 heavy (non-hydrogen) atoms. The zero-order valence-electron chi connectivity index (χ0n) is 13.2. The molecule has 1 saturated carbocycles. The van der Waals surface area contributed by atoms with Crippen molar-refractivity contribution < 1.29 is 14.7 Å². The molecule has 0 bridgehead atoms. The number of aromatic nitrogens is 2. The summed E-state index contributed by atoms with van der Waals surface area (Å²) in [7, 11) is 0. The minimum Gasteiger partial charge on any atom is -0.480 e. The second-order valence-corrected chi connectivity index (χ2v) is 6.59. The molecule has 1 aromatic carbocycles. The summed E-state index contributed by atoms with van der Waals surface area (Å²) < 4.78 is 1.72. The van der Waals surface area contributed by atoms with Gasteiger partial charge in [0.25, 0.3) is 5.91 Å². The Labute approximate surface area is 139 Å². The lowest BCUT2D eigenvalue weighted by Crippen LogP contribution is -2.43. The van der Waals surface area contributed by atoms with Crippen LogP contribution >= 0.6 is 0 Å². The maximum absolute atomic E-state index is 12.8. The molecule has 2 aromatic rings. The lowest BCUT2D eigenvalue weighted by molar-refractivity contribution is -0.142. The van der Waals surface area contributed by atoms with Crippen molar-refractivity contribution >= 4 is 11.9 Å². The number of likely N-dealkylation sites (tertiary alicyclic amines) is 1. The molecule has 3 atom stereocenters. The molecule has 1 aromatic heterocycles. The van der Waals surface area contributed by atoms with Gasteiger partial charge in [-0.05, 0) is 55.0 Å². The number of carbonyl (C=O) groups is 2. The van der Waals surface area contributed by atoms with Crippen LogP contribution in [0.4, 0.5) is 0 Å². The van der Waals surface area contributed by atoms with Crippen LogP contribution in [-0.2, 0) is 4.79 Å². The number of hydrogen-bond acceptors (Lipinski definition) is 3. The molecule has 3 unspecified atom stereocenters. The summed E-state index contributed by atoms with van der Waals surface area (Å²) in [6.07, 6.45) is 6.53. The Morgan fingerprint density at radius 1 is 1.17 bits per heavy atom. The van der Waals surface area contributed by atoms with Crippen molar-refractivity contribution in [2.45, 2.75) is 25.3 Å². The Balaban J connectivity index is 1.58. The van der Waals surface area contributed by atoms with Gasteiger partial charge < -0.3 is 10.0 Å². The summed E-state index contributed by atoms with van der Waals surface area (Å²) in [5.41, 5.74) is 1.39. The van der Waals surface area contributed by atoms with Gasteiger partial charge in [0.1, 0.15) is 6.04 Å². The highest BCUT2D eigenvalue weighted by Crippen LogP contribution is 2.42. The Kier molecular flexibility index (Phi) is 3.59. The quantitative estimate of drug-likeness (QED) is 0.938. The largest absolute Gasteiger partial charge is 0.480 e. The average molecular weight is 325 g/mol. The van der Waals surface area contributed by atoms with Crippen LogP contribution in [0, 0.1) is 11.8 Å². The van der Waals surface area contributed by atoms with E-state index in [4.69, 9.17) is 0 Å². The molecule has 1 aliphatic carbocycles. The van der Waals surface area contributed by atoms with Crippen LogP contribution in [0.5, 0.6) is 0 Å². The van der Waals surface area contributed by atoms with Crippen LogP contribution in [0.3, 0.4) is 0 Å². The number of carboxylic acid groups (broad SMARTS) is 1. The van der Waals surface area contributed by atoms with E-state index in [0.717, 1.165) is 24.9 Å². The first-order valence-corrected chi connectivity index (χ1v) is 8.29. The second-order valence-electron chi connectivity index (χ2n) is 6.59. The van der Waals surface area contributed by atoms with Crippen LogP contribution < -0.4 is 0 Å². The van der Waals surface area contributed by atoms with Crippen molar-refractivity contribution in [3.05, 3.63) is 48.3 Å². The number of amides is 1.